The monoisotopic (exact) mass is 421 g/mol. The van der Waals surface area contributed by atoms with E-state index in [-0.39, 0.29) is 0 Å². The van der Waals surface area contributed by atoms with E-state index in [0.29, 0.717) is 0 Å². The molecule has 0 saturated heterocycles. The van der Waals surface area contributed by atoms with Crippen LogP contribution >= 0.6 is 11.6 Å². The van der Waals surface area contributed by atoms with Crippen LogP contribution in [0.4, 0.5) is 0 Å². The molecule has 1 heterocycles. The van der Waals surface area contributed by atoms with Gasteiger partial charge in [-0.1, -0.05) is 72.3 Å². The lowest BCUT2D eigenvalue weighted by molar-refractivity contribution is 0.818. The Bertz CT molecular complexity index is 1300. The van der Waals surface area contributed by atoms with Gasteiger partial charge in [0.1, 0.15) is 0 Å². The van der Waals surface area contributed by atoms with Crippen molar-refractivity contribution in [1.29, 1.82) is 0 Å². The Balaban J connectivity index is 0.000000296. The largest absolute Gasteiger partial charge is 0.265 e. The Morgan fingerprint density at radius 3 is 2.23 bits per heavy atom. The summed E-state index contributed by atoms with van der Waals surface area (Å²) in [6.45, 7) is 0. The van der Waals surface area contributed by atoms with E-state index in [2.05, 4.69) is 59.6 Å². The van der Waals surface area contributed by atoms with Crippen LogP contribution in [-0.2, 0) is 12.8 Å². The van der Waals surface area contributed by atoms with Gasteiger partial charge in [-0.3, -0.25) is 4.98 Å². The maximum atomic E-state index is 6.11. The van der Waals surface area contributed by atoms with E-state index >= 15 is 0 Å². The predicted molar refractivity (Wildman–Crippen MR) is 130 cm³/mol. The van der Waals surface area contributed by atoms with E-state index in [0.717, 1.165) is 17.9 Å². The summed E-state index contributed by atoms with van der Waals surface area (Å²) in [5.74, 6) is 0. The van der Waals surface area contributed by atoms with Crippen molar-refractivity contribution in [1.82, 2.24) is 4.98 Å². The van der Waals surface area contributed by atoms with Crippen LogP contribution in [0.15, 0.2) is 91.3 Å². The van der Waals surface area contributed by atoms with E-state index < -0.39 is 0 Å². The highest BCUT2D eigenvalue weighted by Crippen LogP contribution is 2.27. The fourth-order valence-corrected chi connectivity index (χ4v) is 4.81. The molecule has 0 spiro atoms. The number of halogens is 1. The molecular formula is C29H24ClN. The zero-order chi connectivity index (χ0) is 21.0. The van der Waals surface area contributed by atoms with Crippen LogP contribution in [0.2, 0.25) is 5.02 Å². The lowest BCUT2D eigenvalue weighted by Crippen LogP contribution is -2.36. The standard InChI is InChI=1S/C24H19Cl.C5H5N/c25-19-12-8-17(9-13-19)21-7-3-5-18-11-14-22-20-6-2-1-4-16(20)10-15-23(22)24(18)21;1-2-4-6-5-3-1/h1-2,4,6,8-9,11-15H,3,5,7,10H2;1-5H. The van der Waals surface area contributed by atoms with Gasteiger partial charge in [-0.25, -0.2) is 0 Å². The lowest BCUT2D eigenvalue weighted by atomic mass is 9.83. The zero-order valence-corrected chi connectivity index (χ0v) is 18.1. The third-order valence-corrected chi connectivity index (χ3v) is 6.35. The number of nitrogens with zero attached hydrogens (tertiary/aromatic N) is 1. The Morgan fingerprint density at radius 1 is 0.677 bits per heavy atom. The molecule has 1 nitrogen and oxygen atoms in total. The van der Waals surface area contributed by atoms with Gasteiger partial charge >= 0.3 is 0 Å². The second-order valence-electron chi connectivity index (χ2n) is 7.99. The third-order valence-electron chi connectivity index (χ3n) is 6.10. The summed E-state index contributed by atoms with van der Waals surface area (Å²) in [6, 6.07) is 27.5. The summed E-state index contributed by atoms with van der Waals surface area (Å²) < 4.78 is 0. The average Bonchev–Trinajstić information content (AvgIpc) is 2.85. The molecule has 0 aliphatic heterocycles. The minimum atomic E-state index is 0.802. The van der Waals surface area contributed by atoms with E-state index in [1.54, 1.807) is 12.4 Å². The number of fused-ring (bicyclic) bond motifs is 5. The molecule has 2 aliphatic rings. The van der Waals surface area contributed by atoms with Crippen LogP contribution < -0.4 is 10.4 Å². The smallest absolute Gasteiger partial charge is 0.0406 e. The average molecular weight is 422 g/mol. The van der Waals surface area contributed by atoms with Crippen molar-refractivity contribution in [2.24, 2.45) is 0 Å². The molecule has 0 saturated carbocycles. The number of aromatic nitrogens is 1. The van der Waals surface area contributed by atoms with Crippen LogP contribution in [0.25, 0.3) is 22.8 Å². The Kier molecular flexibility index (Phi) is 5.69. The maximum absolute atomic E-state index is 6.11. The van der Waals surface area contributed by atoms with Crippen molar-refractivity contribution in [2.45, 2.75) is 25.7 Å². The highest BCUT2D eigenvalue weighted by atomic mass is 35.5. The van der Waals surface area contributed by atoms with Gasteiger partial charge in [0.25, 0.3) is 0 Å². The second kappa shape index (κ2) is 8.91. The molecule has 1 aromatic heterocycles. The van der Waals surface area contributed by atoms with Crippen molar-refractivity contribution in [3.05, 3.63) is 123 Å². The highest BCUT2D eigenvalue weighted by Gasteiger charge is 2.17. The first-order valence-electron chi connectivity index (χ1n) is 10.9. The van der Waals surface area contributed by atoms with Gasteiger partial charge in [0.05, 0.1) is 0 Å². The fourth-order valence-electron chi connectivity index (χ4n) is 4.68. The normalized spacial score (nSPS) is 13.6. The van der Waals surface area contributed by atoms with Crippen LogP contribution in [0.5, 0.6) is 0 Å². The molecule has 4 aromatic rings. The van der Waals surface area contributed by atoms with Gasteiger partial charge in [0.2, 0.25) is 0 Å². The fraction of sp³-hybridized carbons (Fsp3) is 0.138. The molecule has 0 unspecified atom stereocenters. The molecular weight excluding hydrogens is 398 g/mol. The van der Waals surface area contributed by atoms with E-state index in [9.17, 15) is 0 Å². The van der Waals surface area contributed by atoms with E-state index in [1.807, 2.05) is 30.3 Å². The van der Waals surface area contributed by atoms with Crippen LogP contribution in [0, 0.1) is 0 Å². The first kappa shape index (κ1) is 19.8. The SMILES string of the molecule is Clc1ccc(C2=c3c(ccc4c3=CCc3ccccc3-4)CCC2)cc1.c1ccncc1. The van der Waals surface area contributed by atoms with Crippen LogP contribution in [-0.4, -0.2) is 4.98 Å². The Hall–Kier alpha value is -3.16. The number of hydrogen-bond donors (Lipinski definition) is 0. The molecule has 0 N–H and O–H groups in total. The van der Waals surface area contributed by atoms with Gasteiger partial charge in [0.15, 0.2) is 0 Å². The number of rotatable bonds is 1. The number of hydrogen-bond acceptors (Lipinski definition) is 1. The van der Waals surface area contributed by atoms with Gasteiger partial charge in [0, 0.05) is 17.4 Å². The molecule has 3 aromatic carbocycles. The quantitative estimate of drug-likeness (QED) is 0.369. The summed E-state index contributed by atoms with van der Waals surface area (Å²) in [6.07, 6.45) is 10.5. The third kappa shape index (κ3) is 4.06. The van der Waals surface area contributed by atoms with Crippen LogP contribution in [0.1, 0.15) is 29.5 Å². The summed E-state index contributed by atoms with van der Waals surface area (Å²) in [4.78, 5) is 3.78. The molecule has 2 aliphatic carbocycles. The molecule has 0 bridgehead atoms. The minimum absolute atomic E-state index is 0.802. The predicted octanol–water partition coefficient (Wildman–Crippen LogP) is 5.96. The number of pyridine rings is 1. The van der Waals surface area contributed by atoms with E-state index in [4.69, 9.17) is 11.6 Å². The van der Waals surface area contributed by atoms with Gasteiger partial charge in [-0.2, -0.15) is 0 Å². The first-order valence-corrected chi connectivity index (χ1v) is 11.2. The Labute approximate surface area is 188 Å². The Morgan fingerprint density at radius 2 is 1.48 bits per heavy atom. The molecule has 152 valence electrons. The first-order chi connectivity index (χ1) is 15.3. The van der Waals surface area contributed by atoms with Crippen molar-refractivity contribution in [2.75, 3.05) is 0 Å². The van der Waals surface area contributed by atoms with Crippen molar-refractivity contribution in [3.63, 3.8) is 0 Å². The molecule has 0 amide bonds. The van der Waals surface area contributed by atoms with E-state index in [1.165, 1.54) is 56.7 Å². The molecule has 0 fully saturated rings. The highest BCUT2D eigenvalue weighted by molar-refractivity contribution is 6.30. The number of aryl methyl sites for hydroxylation is 1. The van der Waals surface area contributed by atoms with Crippen LogP contribution in [0.3, 0.4) is 0 Å². The molecule has 0 atom stereocenters. The molecule has 31 heavy (non-hydrogen) atoms. The molecule has 0 radical (unpaired) electrons. The van der Waals surface area contributed by atoms with Gasteiger partial charge in [-0.15, -0.1) is 0 Å². The summed E-state index contributed by atoms with van der Waals surface area (Å²) in [5.41, 5.74) is 8.48. The number of benzene rings is 3. The lowest BCUT2D eigenvalue weighted by Gasteiger charge is -2.21. The van der Waals surface area contributed by atoms with Crippen molar-refractivity contribution >= 4 is 23.3 Å². The van der Waals surface area contributed by atoms with Gasteiger partial charge < -0.3 is 0 Å². The summed E-state index contributed by atoms with van der Waals surface area (Å²) >= 11 is 6.11. The molecule has 6 rings (SSSR count). The van der Waals surface area contributed by atoms with Crippen molar-refractivity contribution < 1.29 is 0 Å². The topological polar surface area (TPSA) is 12.9 Å². The zero-order valence-electron chi connectivity index (χ0n) is 17.4. The summed E-state index contributed by atoms with van der Waals surface area (Å²) in [7, 11) is 0. The van der Waals surface area contributed by atoms with Gasteiger partial charge in [-0.05, 0) is 93.8 Å². The second-order valence-corrected chi connectivity index (χ2v) is 8.43. The molecule has 2 heteroatoms. The van der Waals surface area contributed by atoms with Crippen molar-refractivity contribution in [3.8, 4) is 11.1 Å². The maximum Gasteiger partial charge on any atom is 0.0406 e. The minimum Gasteiger partial charge on any atom is -0.265 e. The summed E-state index contributed by atoms with van der Waals surface area (Å²) in [5, 5.41) is 3.71.